The predicted octanol–water partition coefficient (Wildman–Crippen LogP) is 0.849. The minimum Gasteiger partial charge on any atom is -0.316 e. The van der Waals surface area contributed by atoms with Gasteiger partial charge in [0.1, 0.15) is 11.2 Å². The number of nitrogens with zero attached hydrogens (tertiary/aromatic N) is 2. The van der Waals surface area contributed by atoms with Crippen molar-refractivity contribution < 1.29 is 9.13 Å². The second kappa shape index (κ2) is 5.33. The number of nitrogens with one attached hydrogen (secondary N) is 1. The van der Waals surface area contributed by atoms with Crippen LogP contribution in [0.1, 0.15) is 12.8 Å². The zero-order valence-corrected chi connectivity index (χ0v) is 9.98. The van der Waals surface area contributed by atoms with Crippen molar-refractivity contribution in [2.75, 3.05) is 13.1 Å². The highest BCUT2D eigenvalue weighted by atomic mass is 32.2. The van der Waals surface area contributed by atoms with Gasteiger partial charge < -0.3 is 5.32 Å². The molecular formula is C10H13N3O3S. The maximum atomic E-state index is 12.1. The molecule has 1 aromatic rings. The summed E-state index contributed by atoms with van der Waals surface area (Å²) < 4.78 is 12.1. The maximum absolute atomic E-state index is 12.1. The molecule has 0 aromatic carbocycles. The summed E-state index contributed by atoms with van der Waals surface area (Å²) in [5.41, 5.74) is -0.0764. The molecule has 1 aliphatic heterocycles. The Labute approximate surface area is 101 Å². The molecule has 17 heavy (non-hydrogen) atoms. The molecule has 0 aliphatic carbocycles. The lowest BCUT2D eigenvalue weighted by molar-refractivity contribution is -0.385. The van der Waals surface area contributed by atoms with Gasteiger partial charge in [0, 0.05) is 12.6 Å². The third kappa shape index (κ3) is 2.86. The minimum atomic E-state index is -1.19. The largest absolute Gasteiger partial charge is 0.316 e. The fraction of sp³-hybridized carbons (Fsp3) is 0.500. The maximum Gasteiger partial charge on any atom is 0.287 e. The summed E-state index contributed by atoms with van der Waals surface area (Å²) in [5.74, 6) is 0. The molecule has 1 saturated heterocycles. The number of nitro groups is 1. The molecule has 6 nitrogen and oxygen atoms in total. The highest BCUT2D eigenvalue weighted by Crippen LogP contribution is 2.17. The average molecular weight is 255 g/mol. The molecule has 0 radical (unpaired) electrons. The molecule has 92 valence electrons. The highest BCUT2D eigenvalue weighted by Gasteiger charge is 2.22. The highest BCUT2D eigenvalue weighted by molar-refractivity contribution is 7.85. The first-order valence-corrected chi connectivity index (χ1v) is 6.61. The van der Waals surface area contributed by atoms with E-state index in [0.29, 0.717) is 11.6 Å². The van der Waals surface area contributed by atoms with E-state index in [1.54, 1.807) is 0 Å². The second-order valence-corrected chi connectivity index (χ2v) is 5.56. The molecule has 0 spiro atoms. The molecule has 0 amide bonds. The normalized spacial score (nSPS) is 22.0. The van der Waals surface area contributed by atoms with E-state index < -0.39 is 15.7 Å². The first-order valence-electron chi connectivity index (χ1n) is 5.40. The Morgan fingerprint density at radius 3 is 2.88 bits per heavy atom. The second-order valence-electron chi connectivity index (χ2n) is 3.88. The van der Waals surface area contributed by atoms with Crippen LogP contribution in [0.15, 0.2) is 23.4 Å². The van der Waals surface area contributed by atoms with Gasteiger partial charge in [-0.3, -0.25) is 14.3 Å². The van der Waals surface area contributed by atoms with Crippen molar-refractivity contribution in [1.29, 1.82) is 0 Å². The van der Waals surface area contributed by atoms with Gasteiger partial charge in [-0.1, -0.05) is 0 Å². The van der Waals surface area contributed by atoms with Crippen LogP contribution in [-0.2, 0) is 10.8 Å². The fourth-order valence-corrected chi connectivity index (χ4v) is 3.12. The number of rotatable bonds is 3. The average Bonchev–Trinajstić information content (AvgIpc) is 2.39. The zero-order chi connectivity index (χ0) is 12.3. The molecule has 1 aromatic heterocycles. The zero-order valence-electron chi connectivity index (χ0n) is 9.17. The predicted molar refractivity (Wildman–Crippen MR) is 63.2 cm³/mol. The Balaban J connectivity index is 2.10. The van der Waals surface area contributed by atoms with Gasteiger partial charge in [0.2, 0.25) is 0 Å². The Bertz CT molecular complexity index is 429. The van der Waals surface area contributed by atoms with Crippen molar-refractivity contribution in [3.63, 3.8) is 0 Å². The number of aromatic nitrogens is 1. The fourth-order valence-electron chi connectivity index (χ4n) is 1.77. The van der Waals surface area contributed by atoms with Crippen LogP contribution >= 0.6 is 0 Å². The Morgan fingerprint density at radius 2 is 2.35 bits per heavy atom. The first kappa shape index (κ1) is 12.1. The van der Waals surface area contributed by atoms with E-state index in [9.17, 15) is 14.3 Å². The number of hydrogen-bond acceptors (Lipinski definition) is 5. The topological polar surface area (TPSA) is 85.1 Å². The minimum absolute atomic E-state index is 0.0534. The van der Waals surface area contributed by atoms with Gasteiger partial charge in [0.05, 0.1) is 21.0 Å². The molecule has 2 atom stereocenters. The van der Waals surface area contributed by atoms with Gasteiger partial charge in [-0.05, 0) is 25.5 Å². The summed E-state index contributed by atoms with van der Waals surface area (Å²) in [6, 6.07) is 2.82. The van der Waals surface area contributed by atoms with Crippen LogP contribution in [0.2, 0.25) is 0 Å². The summed E-state index contributed by atoms with van der Waals surface area (Å²) in [6.45, 7) is 1.67. The standard InChI is InChI=1S/C10H13N3O3S/c14-13(15)8-3-4-10(12-6-8)17(16)9-2-1-5-11-7-9/h3-4,6,9,11H,1-2,5,7H2. The van der Waals surface area contributed by atoms with E-state index in [2.05, 4.69) is 10.3 Å². The molecule has 0 saturated carbocycles. The van der Waals surface area contributed by atoms with Crippen molar-refractivity contribution in [3.8, 4) is 0 Å². The molecule has 2 unspecified atom stereocenters. The molecule has 2 heterocycles. The number of hydrogen-bond donors (Lipinski definition) is 1. The van der Waals surface area contributed by atoms with Crippen molar-refractivity contribution >= 4 is 16.5 Å². The van der Waals surface area contributed by atoms with Crippen LogP contribution in [0.5, 0.6) is 0 Å². The SMILES string of the molecule is O=[N+]([O-])c1ccc(S(=O)C2CCCNC2)nc1. The number of piperidine rings is 1. The van der Waals surface area contributed by atoms with Gasteiger partial charge in [0.15, 0.2) is 0 Å². The third-order valence-electron chi connectivity index (χ3n) is 2.69. The van der Waals surface area contributed by atoms with E-state index in [0.717, 1.165) is 25.6 Å². The lowest BCUT2D eigenvalue weighted by Gasteiger charge is -2.21. The van der Waals surface area contributed by atoms with E-state index >= 15 is 0 Å². The smallest absolute Gasteiger partial charge is 0.287 e. The van der Waals surface area contributed by atoms with Gasteiger partial charge in [-0.2, -0.15) is 0 Å². The van der Waals surface area contributed by atoms with Gasteiger partial charge >= 0.3 is 0 Å². The molecule has 2 rings (SSSR count). The van der Waals surface area contributed by atoms with Crippen LogP contribution in [0.25, 0.3) is 0 Å². The summed E-state index contributed by atoms with van der Waals surface area (Å²) in [4.78, 5) is 13.9. The van der Waals surface area contributed by atoms with Gasteiger partial charge in [-0.15, -0.1) is 0 Å². The summed E-state index contributed by atoms with van der Waals surface area (Å²) in [5, 5.41) is 14.1. The lowest BCUT2D eigenvalue weighted by Crippen LogP contribution is -2.36. The van der Waals surface area contributed by atoms with E-state index in [1.807, 2.05) is 0 Å². The van der Waals surface area contributed by atoms with Gasteiger partial charge in [0.25, 0.3) is 5.69 Å². The van der Waals surface area contributed by atoms with Crippen molar-refractivity contribution in [2.24, 2.45) is 0 Å². The third-order valence-corrected chi connectivity index (χ3v) is 4.35. The quantitative estimate of drug-likeness (QED) is 0.639. The molecule has 1 aliphatic rings. The van der Waals surface area contributed by atoms with Crippen LogP contribution in [-0.4, -0.2) is 32.5 Å². The first-order chi connectivity index (χ1) is 8.18. The Kier molecular flexibility index (Phi) is 3.80. The van der Waals surface area contributed by atoms with E-state index in [1.165, 1.54) is 12.1 Å². The molecule has 0 bridgehead atoms. The molecule has 7 heteroatoms. The van der Waals surface area contributed by atoms with Crippen LogP contribution < -0.4 is 5.32 Å². The molecule has 1 fully saturated rings. The van der Waals surface area contributed by atoms with Crippen molar-refractivity contribution in [3.05, 3.63) is 28.4 Å². The van der Waals surface area contributed by atoms with Crippen molar-refractivity contribution in [1.82, 2.24) is 10.3 Å². The van der Waals surface area contributed by atoms with Crippen molar-refractivity contribution in [2.45, 2.75) is 23.1 Å². The summed E-state index contributed by atoms with van der Waals surface area (Å²) >= 11 is 0. The Morgan fingerprint density at radius 1 is 1.53 bits per heavy atom. The lowest BCUT2D eigenvalue weighted by atomic mass is 10.2. The van der Waals surface area contributed by atoms with Crippen LogP contribution in [0, 0.1) is 10.1 Å². The van der Waals surface area contributed by atoms with E-state index in [4.69, 9.17) is 0 Å². The monoisotopic (exact) mass is 255 g/mol. The Hall–Kier alpha value is -1.34. The molecule has 1 N–H and O–H groups in total. The summed E-state index contributed by atoms with van der Waals surface area (Å²) in [7, 11) is -1.19. The number of pyridine rings is 1. The van der Waals surface area contributed by atoms with Crippen LogP contribution in [0.4, 0.5) is 5.69 Å². The van der Waals surface area contributed by atoms with Crippen LogP contribution in [0.3, 0.4) is 0 Å². The van der Waals surface area contributed by atoms with Gasteiger partial charge in [-0.25, -0.2) is 4.98 Å². The molecular weight excluding hydrogens is 242 g/mol. The summed E-state index contributed by atoms with van der Waals surface area (Å²) in [6.07, 6.45) is 3.06. The van der Waals surface area contributed by atoms with E-state index in [-0.39, 0.29) is 10.9 Å².